The molecule has 2 aliphatic heterocycles. The van der Waals surface area contributed by atoms with Crippen molar-refractivity contribution in [3.63, 3.8) is 0 Å². The molecule has 1 aromatic heterocycles. The number of H-pyrrole nitrogens is 1. The van der Waals surface area contributed by atoms with Gasteiger partial charge in [-0.3, -0.25) is 9.69 Å². The smallest absolute Gasteiger partial charge is 0.155 e. The topological polar surface area (TPSA) is 71.6 Å². The zero-order valence-corrected chi connectivity index (χ0v) is 20.3. The molecule has 6 heteroatoms. The SMILES string of the molecule is O=C(C1CCC(O)CC1)C(C1CCc2ccccc2N1)N1CCN(c2cccc3[nH]ccc23)CC1. The van der Waals surface area contributed by atoms with E-state index in [9.17, 15) is 9.90 Å². The van der Waals surface area contributed by atoms with Crippen LogP contribution in [0.2, 0.25) is 0 Å². The van der Waals surface area contributed by atoms with Crippen LogP contribution in [0, 0.1) is 5.92 Å². The normalized spacial score (nSPS) is 26.2. The molecule has 3 aromatic rings. The molecule has 2 atom stereocenters. The van der Waals surface area contributed by atoms with Crippen LogP contribution in [0.25, 0.3) is 10.9 Å². The van der Waals surface area contributed by atoms with Gasteiger partial charge in [0, 0.05) is 66.6 Å². The molecular formula is C29H36N4O2. The van der Waals surface area contributed by atoms with Gasteiger partial charge in [0.15, 0.2) is 5.78 Å². The number of piperazine rings is 1. The summed E-state index contributed by atoms with van der Waals surface area (Å²) in [7, 11) is 0. The van der Waals surface area contributed by atoms with E-state index in [2.05, 4.69) is 68.6 Å². The largest absolute Gasteiger partial charge is 0.393 e. The summed E-state index contributed by atoms with van der Waals surface area (Å²) in [4.78, 5) is 22.3. The molecule has 0 spiro atoms. The monoisotopic (exact) mass is 472 g/mol. The number of carbonyl (C=O) groups is 1. The van der Waals surface area contributed by atoms with E-state index in [0.29, 0.717) is 5.78 Å². The van der Waals surface area contributed by atoms with Crippen LogP contribution >= 0.6 is 0 Å². The van der Waals surface area contributed by atoms with E-state index in [4.69, 9.17) is 0 Å². The Labute approximate surface area is 207 Å². The number of para-hydroxylation sites is 1. The molecule has 3 N–H and O–H groups in total. The number of aryl methyl sites for hydroxylation is 1. The van der Waals surface area contributed by atoms with Crippen LogP contribution in [0.1, 0.15) is 37.7 Å². The lowest BCUT2D eigenvalue weighted by Crippen LogP contribution is -2.60. The summed E-state index contributed by atoms with van der Waals surface area (Å²) < 4.78 is 0. The van der Waals surface area contributed by atoms with E-state index in [1.54, 1.807) is 0 Å². The van der Waals surface area contributed by atoms with Gasteiger partial charge in [-0.15, -0.1) is 0 Å². The van der Waals surface area contributed by atoms with Crippen molar-refractivity contribution >= 4 is 28.1 Å². The zero-order chi connectivity index (χ0) is 23.8. The van der Waals surface area contributed by atoms with Gasteiger partial charge in [-0.05, 0) is 68.4 Å². The maximum Gasteiger partial charge on any atom is 0.155 e. The maximum absolute atomic E-state index is 14.0. The zero-order valence-electron chi connectivity index (χ0n) is 20.3. The molecule has 1 saturated heterocycles. The van der Waals surface area contributed by atoms with Gasteiger partial charge in [0.25, 0.3) is 0 Å². The minimum Gasteiger partial charge on any atom is -0.393 e. The van der Waals surface area contributed by atoms with E-state index in [-0.39, 0.29) is 24.1 Å². The van der Waals surface area contributed by atoms with Crippen molar-refractivity contribution in [2.75, 3.05) is 36.4 Å². The van der Waals surface area contributed by atoms with E-state index in [1.165, 1.54) is 27.8 Å². The highest BCUT2D eigenvalue weighted by Gasteiger charge is 2.40. The lowest BCUT2D eigenvalue weighted by atomic mass is 9.79. The van der Waals surface area contributed by atoms with Crippen LogP contribution in [-0.2, 0) is 11.2 Å². The molecule has 0 bridgehead atoms. The predicted molar refractivity (Wildman–Crippen MR) is 141 cm³/mol. The average molecular weight is 473 g/mol. The summed E-state index contributed by atoms with van der Waals surface area (Å²) in [6, 6.07) is 17.1. The third kappa shape index (κ3) is 4.45. The van der Waals surface area contributed by atoms with E-state index in [1.807, 2.05) is 6.20 Å². The Morgan fingerprint density at radius 3 is 2.54 bits per heavy atom. The highest BCUT2D eigenvalue weighted by Crippen LogP contribution is 2.33. The molecule has 2 aromatic carbocycles. The second kappa shape index (κ2) is 9.67. The molecule has 35 heavy (non-hydrogen) atoms. The Bertz CT molecular complexity index is 1170. The third-order valence-electron chi connectivity index (χ3n) is 8.47. The van der Waals surface area contributed by atoms with Gasteiger partial charge >= 0.3 is 0 Å². The Morgan fingerprint density at radius 1 is 0.914 bits per heavy atom. The third-order valence-corrected chi connectivity index (χ3v) is 8.47. The quantitative estimate of drug-likeness (QED) is 0.519. The molecular weight excluding hydrogens is 436 g/mol. The number of aliphatic hydroxyl groups is 1. The van der Waals surface area contributed by atoms with Gasteiger partial charge in [-0.25, -0.2) is 0 Å². The number of benzene rings is 2. The van der Waals surface area contributed by atoms with Crippen LogP contribution in [0.3, 0.4) is 0 Å². The number of nitrogens with zero attached hydrogens (tertiary/aromatic N) is 2. The molecule has 0 radical (unpaired) electrons. The molecule has 6 nitrogen and oxygen atoms in total. The van der Waals surface area contributed by atoms with Crippen molar-refractivity contribution in [3.05, 3.63) is 60.3 Å². The molecule has 3 heterocycles. The van der Waals surface area contributed by atoms with Crippen molar-refractivity contribution in [2.45, 2.75) is 56.7 Å². The molecule has 2 unspecified atom stereocenters. The average Bonchev–Trinajstić information content (AvgIpc) is 3.39. The van der Waals surface area contributed by atoms with Crippen LogP contribution in [0.4, 0.5) is 11.4 Å². The van der Waals surface area contributed by atoms with Crippen molar-refractivity contribution < 1.29 is 9.90 Å². The standard InChI is InChI=1S/C29H36N4O2/c34-22-11-8-21(9-12-22)29(35)28(26-13-10-20-4-1-2-5-24(20)31-26)33-18-16-32(17-19-33)27-7-3-6-25-23(27)14-15-30-25/h1-7,14-15,21-22,26,28,30-31,34H,8-13,16-19H2. The molecule has 1 saturated carbocycles. The number of ketones is 1. The molecule has 1 aliphatic carbocycles. The second-order valence-corrected chi connectivity index (χ2v) is 10.5. The van der Waals surface area contributed by atoms with Gasteiger partial charge in [-0.1, -0.05) is 24.3 Å². The Balaban J connectivity index is 1.22. The van der Waals surface area contributed by atoms with E-state index in [0.717, 1.165) is 64.7 Å². The Kier molecular flexibility index (Phi) is 6.25. The molecule has 6 rings (SSSR count). The fourth-order valence-corrected chi connectivity index (χ4v) is 6.52. The van der Waals surface area contributed by atoms with Crippen LogP contribution < -0.4 is 10.2 Å². The first-order valence-electron chi connectivity index (χ1n) is 13.3. The number of nitrogens with one attached hydrogen (secondary N) is 2. The highest BCUT2D eigenvalue weighted by atomic mass is 16.3. The number of carbonyl (C=O) groups excluding carboxylic acids is 1. The lowest BCUT2D eigenvalue weighted by Gasteiger charge is -2.45. The molecule has 184 valence electrons. The first-order chi connectivity index (χ1) is 17.2. The van der Waals surface area contributed by atoms with E-state index < -0.39 is 0 Å². The second-order valence-electron chi connectivity index (χ2n) is 10.5. The maximum atomic E-state index is 14.0. The van der Waals surface area contributed by atoms with Gasteiger partial charge in [0.1, 0.15) is 0 Å². The molecule has 2 fully saturated rings. The highest BCUT2D eigenvalue weighted by molar-refractivity contribution is 5.92. The fraction of sp³-hybridized carbons (Fsp3) is 0.483. The number of fused-ring (bicyclic) bond motifs is 2. The molecule has 0 amide bonds. The Morgan fingerprint density at radius 2 is 1.71 bits per heavy atom. The number of hydrogen-bond donors (Lipinski definition) is 3. The van der Waals surface area contributed by atoms with Crippen molar-refractivity contribution in [1.82, 2.24) is 9.88 Å². The van der Waals surface area contributed by atoms with E-state index >= 15 is 0 Å². The summed E-state index contributed by atoms with van der Waals surface area (Å²) in [6.45, 7) is 3.60. The van der Waals surface area contributed by atoms with Gasteiger partial charge in [0.05, 0.1) is 12.1 Å². The number of rotatable bonds is 5. The number of aromatic amines is 1. The first-order valence-corrected chi connectivity index (χ1v) is 13.3. The Hall–Kier alpha value is -2.83. The minimum absolute atomic E-state index is 0.0639. The fourth-order valence-electron chi connectivity index (χ4n) is 6.52. The summed E-state index contributed by atoms with van der Waals surface area (Å²) in [5.74, 6) is 0.448. The van der Waals surface area contributed by atoms with Crippen molar-refractivity contribution in [1.29, 1.82) is 0 Å². The van der Waals surface area contributed by atoms with Crippen LogP contribution in [-0.4, -0.2) is 65.1 Å². The van der Waals surface area contributed by atoms with Crippen LogP contribution in [0.5, 0.6) is 0 Å². The number of anilines is 2. The summed E-state index contributed by atoms with van der Waals surface area (Å²) in [5.41, 5.74) is 4.97. The number of aliphatic hydroxyl groups excluding tert-OH is 1. The van der Waals surface area contributed by atoms with Gasteiger partial charge in [0.2, 0.25) is 0 Å². The lowest BCUT2D eigenvalue weighted by molar-refractivity contribution is -0.130. The minimum atomic E-state index is -0.239. The summed E-state index contributed by atoms with van der Waals surface area (Å²) in [6.07, 6.45) is 6.88. The summed E-state index contributed by atoms with van der Waals surface area (Å²) in [5, 5.41) is 15.0. The molecule has 3 aliphatic rings. The summed E-state index contributed by atoms with van der Waals surface area (Å²) >= 11 is 0. The van der Waals surface area contributed by atoms with Crippen molar-refractivity contribution in [3.8, 4) is 0 Å². The predicted octanol–water partition coefficient (Wildman–Crippen LogP) is 4.21. The van der Waals surface area contributed by atoms with Gasteiger partial charge in [-0.2, -0.15) is 0 Å². The number of aromatic nitrogens is 1. The van der Waals surface area contributed by atoms with Crippen molar-refractivity contribution in [2.24, 2.45) is 5.92 Å². The number of Topliss-reactive ketones (excluding diaryl/α,β-unsaturated/α-hetero) is 1. The van der Waals surface area contributed by atoms with Gasteiger partial charge < -0.3 is 20.3 Å². The number of hydrogen-bond acceptors (Lipinski definition) is 5. The first kappa shape index (κ1) is 22.6. The van der Waals surface area contributed by atoms with Crippen LogP contribution in [0.15, 0.2) is 54.7 Å².